The molecule has 4 aliphatic rings. The number of allylic oxidation sites excluding steroid dienone is 9. The highest BCUT2D eigenvalue weighted by atomic mass is 16.5. The van der Waals surface area contributed by atoms with Gasteiger partial charge in [-0.05, 0) is 73.7 Å². The number of amides is 4. The average Bonchev–Trinajstić information content (AvgIpc) is 3.50. The smallest absolute Gasteiger partial charge is 0.262 e. The van der Waals surface area contributed by atoms with E-state index in [1.165, 1.54) is 4.90 Å². The number of ether oxygens (including phenoxy) is 1. The molecular weight excluding hydrogens is 528 g/mol. The van der Waals surface area contributed by atoms with E-state index in [0.717, 1.165) is 22.3 Å². The number of nitrogens with one attached hydrogen (secondary N) is 1. The molecule has 0 radical (unpaired) electrons. The van der Waals surface area contributed by atoms with Crippen LogP contribution in [0.2, 0.25) is 0 Å². The molecule has 7 heteroatoms. The van der Waals surface area contributed by atoms with Crippen LogP contribution in [0.3, 0.4) is 0 Å². The van der Waals surface area contributed by atoms with Crippen molar-refractivity contribution in [3.8, 4) is 11.5 Å². The Morgan fingerprint density at radius 2 is 1.31 bits per heavy atom. The van der Waals surface area contributed by atoms with Gasteiger partial charge < -0.3 is 4.74 Å². The van der Waals surface area contributed by atoms with Gasteiger partial charge in [-0.1, -0.05) is 57.0 Å². The normalized spacial score (nSPS) is 20.6. The first-order valence-electron chi connectivity index (χ1n) is 13.8. The molecule has 1 aliphatic carbocycles. The molecule has 0 aromatic heterocycles. The van der Waals surface area contributed by atoms with Crippen molar-refractivity contribution < 1.29 is 23.9 Å². The van der Waals surface area contributed by atoms with Crippen LogP contribution in [-0.2, 0) is 5.41 Å². The molecule has 210 valence electrons. The lowest BCUT2D eigenvalue weighted by molar-refractivity contribution is 0.0473. The van der Waals surface area contributed by atoms with E-state index in [0.29, 0.717) is 29.0 Å². The van der Waals surface area contributed by atoms with Crippen molar-refractivity contribution in [3.05, 3.63) is 130 Å². The molecule has 0 saturated carbocycles. The van der Waals surface area contributed by atoms with Gasteiger partial charge in [0.2, 0.25) is 0 Å². The lowest BCUT2D eigenvalue weighted by Crippen LogP contribution is -2.47. The number of rotatable bonds is 6. The van der Waals surface area contributed by atoms with Crippen molar-refractivity contribution in [1.82, 2.24) is 10.2 Å². The number of carbonyl (C=O) groups excluding carboxylic acids is 4. The maximum Gasteiger partial charge on any atom is 0.262 e. The highest BCUT2D eigenvalue weighted by molar-refractivity contribution is 6.23. The molecule has 3 aliphatic heterocycles. The molecule has 1 atom stereocenters. The number of benzene rings is 2. The maximum atomic E-state index is 13.9. The third kappa shape index (κ3) is 3.16. The second-order valence-electron chi connectivity index (χ2n) is 11.3. The van der Waals surface area contributed by atoms with Gasteiger partial charge >= 0.3 is 0 Å². The second kappa shape index (κ2) is 8.98. The van der Waals surface area contributed by atoms with E-state index in [1.807, 2.05) is 39.8 Å². The number of imide groups is 2. The Kier molecular flexibility index (Phi) is 5.80. The quantitative estimate of drug-likeness (QED) is 0.409. The van der Waals surface area contributed by atoms with Crippen LogP contribution in [0, 0.1) is 0 Å². The maximum absolute atomic E-state index is 13.9. The fourth-order valence-electron chi connectivity index (χ4n) is 6.69. The number of carbonyl (C=O) groups is 4. The molecule has 1 spiro atoms. The van der Waals surface area contributed by atoms with Crippen LogP contribution in [-0.4, -0.2) is 34.1 Å². The molecule has 0 bridgehead atoms. The number of fused-ring (bicyclic) bond motifs is 6. The summed E-state index contributed by atoms with van der Waals surface area (Å²) in [6.45, 7) is 19.9. The van der Waals surface area contributed by atoms with Gasteiger partial charge in [0.05, 0.1) is 27.7 Å². The molecule has 6 rings (SSSR count). The van der Waals surface area contributed by atoms with Crippen LogP contribution in [0.5, 0.6) is 11.5 Å². The highest BCUT2D eigenvalue weighted by Crippen LogP contribution is 2.62. The van der Waals surface area contributed by atoms with Crippen molar-refractivity contribution in [2.45, 2.75) is 45.1 Å². The Hall–Kier alpha value is -5.04. The molecule has 0 fully saturated rings. The molecule has 1 unspecified atom stereocenters. The molecule has 0 saturated heterocycles. The summed E-state index contributed by atoms with van der Waals surface area (Å²) in [6.07, 6.45) is 9.66. The predicted octanol–water partition coefficient (Wildman–Crippen LogP) is 6.49. The zero-order chi connectivity index (χ0) is 30.3. The summed E-state index contributed by atoms with van der Waals surface area (Å²) < 4.78 is 6.46. The van der Waals surface area contributed by atoms with Gasteiger partial charge in [0.25, 0.3) is 23.6 Å². The molecule has 2 aromatic carbocycles. The largest absolute Gasteiger partial charge is 0.457 e. The zero-order valence-corrected chi connectivity index (χ0v) is 24.0. The Bertz CT molecular complexity index is 1830. The first kappa shape index (κ1) is 27.1. The van der Waals surface area contributed by atoms with Gasteiger partial charge in [-0.15, -0.1) is 0 Å². The van der Waals surface area contributed by atoms with Crippen LogP contribution in [0.1, 0.15) is 86.7 Å². The summed E-state index contributed by atoms with van der Waals surface area (Å²) in [6, 6.07) is 6.60. The van der Waals surface area contributed by atoms with E-state index in [-0.39, 0.29) is 34.1 Å². The third-order valence-electron chi connectivity index (χ3n) is 8.95. The first-order chi connectivity index (χ1) is 20.0. The topological polar surface area (TPSA) is 92.8 Å². The molecule has 7 nitrogen and oxygen atoms in total. The van der Waals surface area contributed by atoms with Crippen LogP contribution >= 0.6 is 0 Å². The van der Waals surface area contributed by atoms with Crippen LogP contribution in [0.15, 0.2) is 96.7 Å². The Balaban J connectivity index is 1.77. The molecule has 2 aromatic rings. The molecule has 1 N–H and O–H groups in total. The highest BCUT2D eigenvalue weighted by Gasteiger charge is 2.54. The van der Waals surface area contributed by atoms with Gasteiger partial charge in [-0.3, -0.25) is 29.4 Å². The molecule has 42 heavy (non-hydrogen) atoms. The van der Waals surface area contributed by atoms with Gasteiger partial charge in [0.15, 0.2) is 0 Å². The van der Waals surface area contributed by atoms with Crippen LogP contribution in [0.25, 0.3) is 0 Å². The van der Waals surface area contributed by atoms with E-state index >= 15 is 0 Å². The summed E-state index contributed by atoms with van der Waals surface area (Å²) >= 11 is 0. The van der Waals surface area contributed by atoms with Crippen molar-refractivity contribution in [2.24, 2.45) is 0 Å². The van der Waals surface area contributed by atoms with E-state index < -0.39 is 22.8 Å². The predicted molar refractivity (Wildman–Crippen MR) is 160 cm³/mol. The minimum atomic E-state index is -1.13. The van der Waals surface area contributed by atoms with Crippen molar-refractivity contribution in [1.29, 1.82) is 0 Å². The Morgan fingerprint density at radius 3 is 1.83 bits per heavy atom. The summed E-state index contributed by atoms with van der Waals surface area (Å²) in [5, 5.41) is 2.36. The van der Waals surface area contributed by atoms with E-state index in [9.17, 15) is 19.2 Å². The van der Waals surface area contributed by atoms with Gasteiger partial charge in [0.1, 0.15) is 11.5 Å². The van der Waals surface area contributed by atoms with Crippen molar-refractivity contribution in [3.63, 3.8) is 0 Å². The summed E-state index contributed by atoms with van der Waals surface area (Å²) in [5.74, 6) is -1.07. The van der Waals surface area contributed by atoms with Gasteiger partial charge in [0, 0.05) is 16.7 Å². The van der Waals surface area contributed by atoms with Crippen molar-refractivity contribution >= 4 is 23.6 Å². The lowest BCUT2D eigenvalue weighted by atomic mass is 9.63. The van der Waals surface area contributed by atoms with E-state index in [4.69, 9.17) is 4.74 Å². The summed E-state index contributed by atoms with van der Waals surface area (Å²) in [5.41, 5.74) is 3.46. The molecular formula is C35H30N2O5. The summed E-state index contributed by atoms with van der Waals surface area (Å²) in [7, 11) is 0. The molecule has 4 amide bonds. The minimum absolute atomic E-state index is 0.201. The third-order valence-corrected chi connectivity index (χ3v) is 8.95. The standard InChI is InChI=1S/C35H30N2O5/c1-8-13-25-19(10-3)18(9-2)24(11-4)35(25)26-14-20-21(31(39)36-30(20)38)16-28(26)42-29-17-23-22(15-27(29)35)32(40)37(33(23)41)34(6,7)12-5/h8-11,13-17H,2-4,12H2,1,5-7H3,(H,36,38,39)/b13-8-. The number of nitrogens with zero attached hydrogens (tertiary/aromatic N) is 1. The van der Waals surface area contributed by atoms with E-state index in [1.54, 1.807) is 42.5 Å². The zero-order valence-electron chi connectivity index (χ0n) is 24.0. The first-order valence-corrected chi connectivity index (χ1v) is 13.8. The minimum Gasteiger partial charge on any atom is -0.457 e. The SMILES string of the molecule is C=CC1=C(C=C)C2(C(/C=C\C)=C1C=C)c1cc3c(cc1Oc1cc4c(cc12)C(=O)N(C(C)(C)CC)C4=O)C(=O)NC3=O. The number of hydrogen-bond acceptors (Lipinski definition) is 5. The second-order valence-corrected chi connectivity index (χ2v) is 11.3. The fraction of sp³-hybridized carbons (Fsp3) is 0.200. The number of hydrogen-bond donors (Lipinski definition) is 1. The fourth-order valence-corrected chi connectivity index (χ4v) is 6.69. The average molecular weight is 559 g/mol. The lowest BCUT2D eigenvalue weighted by Gasteiger charge is -2.41. The Morgan fingerprint density at radius 1 is 0.810 bits per heavy atom. The van der Waals surface area contributed by atoms with Crippen molar-refractivity contribution in [2.75, 3.05) is 0 Å². The summed E-state index contributed by atoms with van der Waals surface area (Å²) in [4.78, 5) is 54.3. The van der Waals surface area contributed by atoms with Crippen LogP contribution < -0.4 is 10.1 Å². The monoisotopic (exact) mass is 558 g/mol. The van der Waals surface area contributed by atoms with Gasteiger partial charge in [-0.2, -0.15) is 0 Å². The van der Waals surface area contributed by atoms with Crippen LogP contribution in [0.4, 0.5) is 0 Å². The Labute approximate surface area is 244 Å². The van der Waals surface area contributed by atoms with E-state index in [2.05, 4.69) is 25.1 Å². The molecule has 3 heterocycles. The van der Waals surface area contributed by atoms with Gasteiger partial charge in [-0.25, -0.2) is 0 Å².